The number of benzene rings is 1. The second-order valence-corrected chi connectivity index (χ2v) is 6.37. The molecule has 0 saturated carbocycles. The van der Waals surface area contributed by atoms with Crippen LogP contribution >= 0.6 is 0 Å². The number of amides is 1. The van der Waals surface area contributed by atoms with Crippen molar-refractivity contribution in [2.45, 2.75) is 46.8 Å². The van der Waals surface area contributed by atoms with Crippen LogP contribution in [0, 0.1) is 5.41 Å². The van der Waals surface area contributed by atoms with Crippen LogP contribution in [0.15, 0.2) is 30.3 Å². The highest BCUT2D eigenvalue weighted by Gasteiger charge is 2.34. The molecule has 5 heteroatoms. The van der Waals surface area contributed by atoms with Gasteiger partial charge in [-0.3, -0.25) is 9.59 Å². The minimum Gasteiger partial charge on any atom is -0.461 e. The van der Waals surface area contributed by atoms with Gasteiger partial charge in [0.2, 0.25) is 5.91 Å². The first-order chi connectivity index (χ1) is 10.1. The Morgan fingerprint density at radius 3 is 2.05 bits per heavy atom. The van der Waals surface area contributed by atoms with Gasteiger partial charge in [0.15, 0.2) is 11.8 Å². The molecule has 0 bridgehead atoms. The molecule has 0 aliphatic rings. The third-order valence-corrected chi connectivity index (χ3v) is 2.86. The van der Waals surface area contributed by atoms with Crippen LogP contribution in [0.1, 0.15) is 45.0 Å². The van der Waals surface area contributed by atoms with Gasteiger partial charge in [-0.25, -0.2) is 4.79 Å². The number of esters is 1. The van der Waals surface area contributed by atoms with Crippen molar-refractivity contribution in [3.05, 3.63) is 35.9 Å². The molecule has 120 valence electrons. The van der Waals surface area contributed by atoms with Crippen molar-refractivity contribution in [2.24, 2.45) is 5.41 Å². The van der Waals surface area contributed by atoms with Gasteiger partial charge in [0.1, 0.15) is 0 Å². The van der Waals surface area contributed by atoms with Gasteiger partial charge in [0, 0.05) is 11.0 Å². The molecule has 1 rings (SSSR count). The van der Waals surface area contributed by atoms with E-state index in [9.17, 15) is 14.4 Å². The topological polar surface area (TPSA) is 72.5 Å². The Kier molecular flexibility index (Phi) is 5.85. The summed E-state index contributed by atoms with van der Waals surface area (Å²) in [5.74, 6) is -1.62. The van der Waals surface area contributed by atoms with Crippen LogP contribution in [0.3, 0.4) is 0 Å². The minimum atomic E-state index is -1.34. The fraction of sp³-hybridized carbons (Fsp3) is 0.471. The van der Waals surface area contributed by atoms with E-state index in [0.29, 0.717) is 5.56 Å². The van der Waals surface area contributed by atoms with E-state index in [4.69, 9.17) is 4.74 Å². The molecule has 0 radical (unpaired) electrons. The van der Waals surface area contributed by atoms with Gasteiger partial charge in [-0.1, -0.05) is 51.1 Å². The number of nitrogens with one attached hydrogen (secondary N) is 1. The summed E-state index contributed by atoms with van der Waals surface area (Å²) < 4.78 is 5.09. The molecule has 1 N–H and O–H groups in total. The molecule has 0 heterocycles. The summed E-state index contributed by atoms with van der Waals surface area (Å²) in [5.41, 5.74) is -0.365. The first-order valence-electron chi connectivity index (χ1n) is 7.23. The molecule has 1 aromatic carbocycles. The SMILES string of the molecule is CC(C)OC(=O)C(NC(=O)C(C)(C)C)C(=O)c1ccccc1. The second-order valence-electron chi connectivity index (χ2n) is 6.37. The van der Waals surface area contributed by atoms with E-state index < -0.39 is 23.2 Å². The summed E-state index contributed by atoms with van der Waals surface area (Å²) in [6, 6.07) is 7.03. The van der Waals surface area contributed by atoms with Crippen molar-refractivity contribution in [2.75, 3.05) is 0 Å². The Morgan fingerprint density at radius 1 is 1.05 bits per heavy atom. The molecule has 1 amide bonds. The lowest BCUT2D eigenvalue weighted by Gasteiger charge is -2.23. The monoisotopic (exact) mass is 305 g/mol. The van der Waals surface area contributed by atoms with E-state index >= 15 is 0 Å². The van der Waals surface area contributed by atoms with E-state index in [1.54, 1.807) is 65.0 Å². The number of ketones is 1. The van der Waals surface area contributed by atoms with Crippen molar-refractivity contribution in [3.8, 4) is 0 Å². The number of ether oxygens (including phenoxy) is 1. The van der Waals surface area contributed by atoms with Crippen molar-refractivity contribution in [1.82, 2.24) is 5.32 Å². The third kappa shape index (κ3) is 4.98. The summed E-state index contributed by atoms with van der Waals surface area (Å²) in [6.07, 6.45) is -0.370. The third-order valence-electron chi connectivity index (χ3n) is 2.86. The average Bonchev–Trinajstić information content (AvgIpc) is 2.42. The highest BCUT2D eigenvalue weighted by molar-refractivity contribution is 6.13. The van der Waals surface area contributed by atoms with E-state index in [2.05, 4.69) is 5.32 Å². The van der Waals surface area contributed by atoms with Crippen LogP contribution in [0.5, 0.6) is 0 Å². The van der Waals surface area contributed by atoms with Crippen LogP contribution in [-0.4, -0.2) is 29.8 Å². The Labute approximate surface area is 131 Å². The fourth-order valence-electron chi connectivity index (χ4n) is 1.65. The largest absolute Gasteiger partial charge is 0.461 e. The molecule has 0 aromatic heterocycles. The standard InChI is InChI=1S/C17H23NO4/c1-11(2)22-15(20)13(18-16(21)17(3,4)5)14(19)12-9-7-6-8-10-12/h6-11,13H,1-5H3,(H,18,21). The number of carbonyl (C=O) groups excluding carboxylic acids is 3. The van der Waals surface area contributed by atoms with Crippen LogP contribution < -0.4 is 5.32 Å². The zero-order valence-corrected chi connectivity index (χ0v) is 13.7. The van der Waals surface area contributed by atoms with Crippen LogP contribution in [0.4, 0.5) is 0 Å². The molecule has 0 spiro atoms. The molecule has 22 heavy (non-hydrogen) atoms. The lowest BCUT2D eigenvalue weighted by molar-refractivity contribution is -0.150. The minimum absolute atomic E-state index is 0.349. The number of rotatable bonds is 5. The Morgan fingerprint density at radius 2 is 1.59 bits per heavy atom. The zero-order chi connectivity index (χ0) is 16.9. The molecule has 1 unspecified atom stereocenters. The van der Waals surface area contributed by atoms with Gasteiger partial charge in [-0.05, 0) is 13.8 Å². The molecule has 0 fully saturated rings. The summed E-state index contributed by atoms with van der Waals surface area (Å²) >= 11 is 0. The van der Waals surface area contributed by atoms with Gasteiger partial charge in [-0.15, -0.1) is 0 Å². The smallest absolute Gasteiger partial charge is 0.337 e. The first kappa shape index (κ1) is 17.9. The second kappa shape index (κ2) is 7.20. The van der Waals surface area contributed by atoms with E-state index in [0.717, 1.165) is 0 Å². The summed E-state index contributed by atoms with van der Waals surface area (Å²) in [7, 11) is 0. The maximum atomic E-state index is 12.5. The molecule has 0 saturated heterocycles. The van der Waals surface area contributed by atoms with Crippen molar-refractivity contribution >= 4 is 17.7 Å². The van der Waals surface area contributed by atoms with Crippen LogP contribution in [0.25, 0.3) is 0 Å². The Balaban J connectivity index is 3.03. The highest BCUT2D eigenvalue weighted by atomic mass is 16.5. The van der Waals surface area contributed by atoms with Gasteiger partial charge in [-0.2, -0.15) is 0 Å². The summed E-state index contributed by atoms with van der Waals surface area (Å²) in [5, 5.41) is 2.50. The lowest BCUT2D eigenvalue weighted by atomic mass is 9.94. The predicted octanol–water partition coefficient (Wildman–Crippen LogP) is 2.35. The van der Waals surface area contributed by atoms with Gasteiger partial charge in [0.25, 0.3) is 0 Å². The van der Waals surface area contributed by atoms with E-state index in [-0.39, 0.29) is 12.0 Å². The van der Waals surface area contributed by atoms with Crippen LogP contribution in [-0.2, 0) is 14.3 Å². The Hall–Kier alpha value is -2.17. The number of hydrogen-bond acceptors (Lipinski definition) is 4. The molecule has 5 nitrogen and oxygen atoms in total. The van der Waals surface area contributed by atoms with E-state index in [1.165, 1.54) is 0 Å². The van der Waals surface area contributed by atoms with Gasteiger partial charge < -0.3 is 10.1 Å². The number of carbonyl (C=O) groups is 3. The molecular weight excluding hydrogens is 282 g/mol. The zero-order valence-electron chi connectivity index (χ0n) is 13.7. The van der Waals surface area contributed by atoms with Gasteiger partial charge in [0.05, 0.1) is 6.10 Å². The molecule has 0 aliphatic heterocycles. The number of hydrogen-bond donors (Lipinski definition) is 1. The lowest BCUT2D eigenvalue weighted by Crippen LogP contribution is -2.51. The van der Waals surface area contributed by atoms with Gasteiger partial charge >= 0.3 is 5.97 Å². The summed E-state index contributed by atoms with van der Waals surface area (Å²) in [6.45, 7) is 8.50. The molecule has 0 aliphatic carbocycles. The molecule has 1 aromatic rings. The van der Waals surface area contributed by atoms with Crippen molar-refractivity contribution < 1.29 is 19.1 Å². The molecule has 1 atom stereocenters. The predicted molar refractivity (Wildman–Crippen MR) is 83.4 cm³/mol. The van der Waals surface area contributed by atoms with Crippen LogP contribution in [0.2, 0.25) is 0 Å². The van der Waals surface area contributed by atoms with Crippen molar-refractivity contribution in [1.29, 1.82) is 0 Å². The maximum absolute atomic E-state index is 12.5. The first-order valence-corrected chi connectivity index (χ1v) is 7.23. The quantitative estimate of drug-likeness (QED) is 0.515. The average molecular weight is 305 g/mol. The summed E-state index contributed by atoms with van der Waals surface area (Å²) in [4.78, 5) is 36.8. The van der Waals surface area contributed by atoms with E-state index in [1.807, 2.05) is 0 Å². The normalized spacial score (nSPS) is 12.6. The number of Topliss-reactive ketones (excluding diaryl/α,β-unsaturated/α-hetero) is 1. The fourth-order valence-corrected chi connectivity index (χ4v) is 1.65. The molecular formula is C17H23NO4. The van der Waals surface area contributed by atoms with Crippen molar-refractivity contribution in [3.63, 3.8) is 0 Å². The Bertz CT molecular complexity index is 544. The maximum Gasteiger partial charge on any atom is 0.337 e. The highest BCUT2D eigenvalue weighted by Crippen LogP contribution is 2.14.